The summed E-state index contributed by atoms with van der Waals surface area (Å²) in [6.07, 6.45) is 0. The van der Waals surface area contributed by atoms with Gasteiger partial charge >= 0.3 is 0 Å². The highest BCUT2D eigenvalue weighted by molar-refractivity contribution is 6.12. The highest BCUT2D eigenvalue weighted by atomic mass is 14.3. The predicted octanol–water partition coefficient (Wildman–Crippen LogP) is 21.7. The number of hydrogen-bond acceptors (Lipinski definition) is 0. The molecule has 13 aromatic rings. The molecule has 0 spiro atoms. The highest BCUT2D eigenvalue weighted by Gasteiger charge is 2.28. The monoisotopic (exact) mass is 990 g/mol. The van der Waals surface area contributed by atoms with Gasteiger partial charge in [-0.1, -0.05) is 309 Å². The van der Waals surface area contributed by atoms with Gasteiger partial charge in [0.2, 0.25) is 0 Å². The Labute approximate surface area is 458 Å². The summed E-state index contributed by atoms with van der Waals surface area (Å²) >= 11 is 0. The van der Waals surface area contributed by atoms with Crippen LogP contribution in [0, 0.1) is 0 Å². The van der Waals surface area contributed by atoms with Crippen molar-refractivity contribution in [3.63, 3.8) is 0 Å². The van der Waals surface area contributed by atoms with Gasteiger partial charge in [0.25, 0.3) is 0 Å². The third-order valence-electron chi connectivity index (χ3n) is 15.1. The lowest BCUT2D eigenvalue weighted by molar-refractivity contribution is 1.51. The second-order valence-electron chi connectivity index (χ2n) is 19.8. The topological polar surface area (TPSA) is 0 Å². The summed E-state index contributed by atoms with van der Waals surface area (Å²) in [4.78, 5) is 0. The summed E-state index contributed by atoms with van der Waals surface area (Å²) in [5, 5.41) is 0. The van der Waals surface area contributed by atoms with Crippen LogP contribution < -0.4 is 0 Å². The normalized spacial score (nSPS) is 11.1. The van der Waals surface area contributed by atoms with E-state index in [0.29, 0.717) is 0 Å². The molecule has 13 rings (SSSR count). The fourth-order valence-corrected chi connectivity index (χ4v) is 11.7. The maximum absolute atomic E-state index is 2.49. The Morgan fingerprint density at radius 2 is 0.333 bits per heavy atom. The molecule has 0 heteroatoms. The minimum absolute atomic E-state index is 1.14. The van der Waals surface area contributed by atoms with Crippen LogP contribution in [0.3, 0.4) is 0 Å². The van der Waals surface area contributed by atoms with Crippen molar-refractivity contribution in [2.75, 3.05) is 0 Å². The van der Waals surface area contributed by atoms with E-state index in [1.165, 1.54) is 55.6 Å². The van der Waals surface area contributed by atoms with Crippen molar-refractivity contribution < 1.29 is 0 Å². The van der Waals surface area contributed by atoms with Gasteiger partial charge in [0.05, 0.1) is 0 Å². The highest BCUT2D eigenvalue weighted by Crippen LogP contribution is 2.55. The Morgan fingerprint density at radius 1 is 0.103 bits per heavy atom. The Morgan fingerprint density at radius 3 is 0.667 bits per heavy atom. The van der Waals surface area contributed by atoms with Crippen LogP contribution in [0.2, 0.25) is 0 Å². The van der Waals surface area contributed by atoms with Crippen LogP contribution in [0.5, 0.6) is 0 Å². The first-order chi connectivity index (χ1) is 38.8. The van der Waals surface area contributed by atoms with Crippen LogP contribution in [0.15, 0.2) is 328 Å². The lowest BCUT2D eigenvalue weighted by Crippen LogP contribution is -2.00. The van der Waals surface area contributed by atoms with Crippen molar-refractivity contribution in [1.82, 2.24) is 0 Å². The van der Waals surface area contributed by atoms with Crippen LogP contribution in [0.25, 0.3) is 134 Å². The van der Waals surface area contributed by atoms with Crippen molar-refractivity contribution in [3.8, 4) is 134 Å². The molecule has 0 aliphatic carbocycles. The van der Waals surface area contributed by atoms with Gasteiger partial charge in [-0.3, -0.25) is 0 Å². The molecule has 0 aromatic heterocycles. The van der Waals surface area contributed by atoms with Gasteiger partial charge in [0.15, 0.2) is 0 Å². The summed E-state index contributed by atoms with van der Waals surface area (Å²) in [6, 6.07) is 120. The molecule has 366 valence electrons. The van der Waals surface area contributed by atoms with Crippen LogP contribution in [0.1, 0.15) is 0 Å². The third kappa shape index (κ3) is 9.17. The fraction of sp³-hybridized carbons (Fsp3) is 0. The average Bonchev–Trinajstić information content (AvgIpc) is 3.56. The standard InChI is InChI=1S/C78H54/c1-10-30-55(31-11-1)64-50-51-67(70(52-64)72-54-69(57-34-14-3-15-35-57)74(59-38-18-5-19-39-59)78(63-46-26-9-27-47-63)76(72)61-42-22-7-23-43-61)65-48-28-29-49-66(65)71-53-68(56-32-12-2-13-33-56)73(58-36-16-4-17-37-58)77(62-44-24-8-25-45-62)75(71)60-40-20-6-21-41-60/h1-54H. The molecule has 0 radical (unpaired) electrons. The van der Waals surface area contributed by atoms with E-state index >= 15 is 0 Å². The zero-order chi connectivity index (χ0) is 52.0. The fourth-order valence-electron chi connectivity index (χ4n) is 11.7. The molecule has 0 bridgehead atoms. The van der Waals surface area contributed by atoms with Crippen molar-refractivity contribution >= 4 is 0 Å². The molecule has 0 amide bonds. The molecular weight excluding hydrogens is 937 g/mol. The van der Waals surface area contributed by atoms with E-state index in [-0.39, 0.29) is 0 Å². The van der Waals surface area contributed by atoms with E-state index < -0.39 is 0 Å². The van der Waals surface area contributed by atoms with Crippen LogP contribution in [-0.4, -0.2) is 0 Å². The van der Waals surface area contributed by atoms with Gasteiger partial charge in [0, 0.05) is 0 Å². The molecule has 0 aliphatic heterocycles. The summed E-state index contributed by atoms with van der Waals surface area (Å²) in [5.74, 6) is 0. The minimum Gasteiger partial charge on any atom is -0.0622 e. The van der Waals surface area contributed by atoms with E-state index in [1.54, 1.807) is 0 Å². The van der Waals surface area contributed by atoms with Crippen molar-refractivity contribution in [2.24, 2.45) is 0 Å². The van der Waals surface area contributed by atoms with Gasteiger partial charge in [-0.15, -0.1) is 0 Å². The maximum Gasteiger partial charge on any atom is -0.00143 e. The first-order valence-corrected chi connectivity index (χ1v) is 26.9. The van der Waals surface area contributed by atoms with Crippen LogP contribution in [-0.2, 0) is 0 Å². The molecule has 0 aliphatic rings. The quantitative estimate of drug-likeness (QED) is 0.114. The Balaban J connectivity index is 1.19. The Bertz CT molecular complexity index is 4160. The number of rotatable bonds is 12. The number of hydrogen-bond donors (Lipinski definition) is 0. The summed E-state index contributed by atoms with van der Waals surface area (Å²) in [6.45, 7) is 0. The molecule has 0 saturated carbocycles. The molecule has 0 N–H and O–H groups in total. The summed E-state index contributed by atoms with van der Waals surface area (Å²) in [7, 11) is 0. The molecule has 0 atom stereocenters. The SMILES string of the molecule is c1ccc(-c2ccc(-c3ccccc3-c3cc(-c4ccccc4)c(-c4ccccc4)c(-c4ccccc4)c3-c3ccccc3)c(-c3cc(-c4ccccc4)c(-c4ccccc4)c(-c4ccccc4)c3-c3ccccc3)c2)cc1. The molecule has 0 heterocycles. The van der Waals surface area contributed by atoms with E-state index in [1.807, 2.05) is 0 Å². The smallest absolute Gasteiger partial charge is 0.00143 e. The van der Waals surface area contributed by atoms with Crippen molar-refractivity contribution in [1.29, 1.82) is 0 Å². The molecule has 0 nitrogen and oxygen atoms in total. The second-order valence-corrected chi connectivity index (χ2v) is 19.8. The van der Waals surface area contributed by atoms with E-state index in [0.717, 1.165) is 77.9 Å². The van der Waals surface area contributed by atoms with Crippen LogP contribution in [0.4, 0.5) is 0 Å². The van der Waals surface area contributed by atoms with Crippen molar-refractivity contribution in [2.45, 2.75) is 0 Å². The first-order valence-electron chi connectivity index (χ1n) is 26.9. The molecule has 0 fully saturated rings. The second kappa shape index (κ2) is 21.6. The Hall–Kier alpha value is -10.1. The largest absolute Gasteiger partial charge is 0.0622 e. The summed E-state index contributed by atoms with van der Waals surface area (Å²) in [5.41, 5.74) is 28.0. The van der Waals surface area contributed by atoms with Gasteiger partial charge in [-0.25, -0.2) is 0 Å². The first kappa shape index (κ1) is 47.6. The van der Waals surface area contributed by atoms with Gasteiger partial charge in [-0.2, -0.15) is 0 Å². The molecular formula is C78H54. The molecule has 78 heavy (non-hydrogen) atoms. The number of benzene rings is 13. The maximum atomic E-state index is 2.49. The summed E-state index contributed by atoms with van der Waals surface area (Å²) < 4.78 is 0. The molecule has 13 aromatic carbocycles. The zero-order valence-corrected chi connectivity index (χ0v) is 43.2. The minimum atomic E-state index is 1.14. The average molecular weight is 991 g/mol. The van der Waals surface area contributed by atoms with Gasteiger partial charge < -0.3 is 0 Å². The zero-order valence-electron chi connectivity index (χ0n) is 43.2. The lowest BCUT2D eigenvalue weighted by Gasteiger charge is -2.27. The molecule has 0 unspecified atom stereocenters. The predicted molar refractivity (Wildman–Crippen MR) is 332 cm³/mol. The van der Waals surface area contributed by atoms with E-state index in [4.69, 9.17) is 0 Å². The van der Waals surface area contributed by atoms with E-state index in [9.17, 15) is 0 Å². The van der Waals surface area contributed by atoms with Gasteiger partial charge in [-0.05, 0) is 152 Å². The molecule has 0 saturated heterocycles. The van der Waals surface area contributed by atoms with Crippen molar-refractivity contribution in [3.05, 3.63) is 328 Å². The van der Waals surface area contributed by atoms with Gasteiger partial charge in [0.1, 0.15) is 0 Å². The Kier molecular flexibility index (Phi) is 13.2. The lowest BCUT2D eigenvalue weighted by atomic mass is 9.76. The third-order valence-corrected chi connectivity index (χ3v) is 15.1. The van der Waals surface area contributed by atoms with Crippen LogP contribution >= 0.6 is 0 Å². The van der Waals surface area contributed by atoms with E-state index in [2.05, 4.69) is 328 Å².